The summed E-state index contributed by atoms with van der Waals surface area (Å²) in [7, 11) is 0. The summed E-state index contributed by atoms with van der Waals surface area (Å²) in [5.74, 6) is -1.09. The van der Waals surface area contributed by atoms with Crippen molar-refractivity contribution in [1.82, 2.24) is 0 Å². The topological polar surface area (TPSA) is 66.4 Å². The Kier molecular flexibility index (Phi) is 5.92. The number of carbonyl (C=O) groups is 2. The third-order valence-corrected chi connectivity index (χ3v) is 3.67. The normalized spacial score (nSPS) is 11.7. The Bertz CT molecular complexity index is 650. The fraction of sp³-hybridized carbons (Fsp3) is 0.263. The number of carboxylic acid groups (broad SMARTS) is 1. The molecule has 4 nitrogen and oxygen atoms in total. The second-order valence-corrected chi connectivity index (χ2v) is 5.51. The molecule has 2 rings (SSSR count). The van der Waals surface area contributed by atoms with Crippen LogP contribution in [0.25, 0.3) is 0 Å². The van der Waals surface area contributed by atoms with E-state index in [0.717, 1.165) is 18.4 Å². The van der Waals surface area contributed by atoms with Crippen molar-refractivity contribution in [2.24, 2.45) is 0 Å². The fourth-order valence-corrected chi connectivity index (χ4v) is 2.53. The number of nitrogens with one attached hydrogen (secondary N) is 1. The van der Waals surface area contributed by atoms with Gasteiger partial charge in [0.05, 0.1) is 12.3 Å². The molecule has 4 heteroatoms. The van der Waals surface area contributed by atoms with Crippen molar-refractivity contribution >= 4 is 17.6 Å². The molecule has 120 valence electrons. The molecule has 1 unspecified atom stereocenters. The molecule has 0 aliphatic carbocycles. The number of hydrogen-bond donors (Lipinski definition) is 2. The zero-order chi connectivity index (χ0) is 16.7. The zero-order valence-corrected chi connectivity index (χ0v) is 13.2. The zero-order valence-electron chi connectivity index (χ0n) is 13.2. The number of hydrogen-bond acceptors (Lipinski definition) is 2. The third-order valence-electron chi connectivity index (χ3n) is 3.67. The van der Waals surface area contributed by atoms with E-state index >= 15 is 0 Å². The Morgan fingerprint density at radius 1 is 1.04 bits per heavy atom. The first-order chi connectivity index (χ1) is 11.1. The van der Waals surface area contributed by atoms with Crippen LogP contribution in [-0.2, 0) is 16.0 Å². The molecule has 0 saturated carbocycles. The van der Waals surface area contributed by atoms with Crippen LogP contribution in [0, 0.1) is 0 Å². The van der Waals surface area contributed by atoms with Gasteiger partial charge in [0.25, 0.3) is 0 Å². The quantitative estimate of drug-likeness (QED) is 0.816. The highest BCUT2D eigenvalue weighted by molar-refractivity contribution is 5.95. The number of rotatable bonds is 7. The minimum Gasteiger partial charge on any atom is -0.481 e. The van der Waals surface area contributed by atoms with E-state index in [1.54, 1.807) is 24.3 Å². The highest BCUT2D eigenvalue weighted by atomic mass is 16.4. The average molecular weight is 311 g/mol. The molecule has 23 heavy (non-hydrogen) atoms. The van der Waals surface area contributed by atoms with Gasteiger partial charge in [-0.05, 0) is 29.7 Å². The Morgan fingerprint density at radius 2 is 1.70 bits per heavy atom. The van der Waals surface area contributed by atoms with Crippen LogP contribution in [0.3, 0.4) is 0 Å². The Hall–Kier alpha value is -2.62. The van der Waals surface area contributed by atoms with Gasteiger partial charge in [0, 0.05) is 5.69 Å². The number of anilines is 1. The maximum Gasteiger partial charge on any atom is 0.307 e. The van der Waals surface area contributed by atoms with Gasteiger partial charge in [-0.25, -0.2) is 0 Å². The van der Waals surface area contributed by atoms with Crippen molar-refractivity contribution in [3.8, 4) is 0 Å². The second kappa shape index (κ2) is 8.13. The molecule has 0 aromatic heterocycles. The van der Waals surface area contributed by atoms with Gasteiger partial charge >= 0.3 is 5.97 Å². The van der Waals surface area contributed by atoms with E-state index in [1.165, 1.54) is 0 Å². The van der Waals surface area contributed by atoms with Gasteiger partial charge in [0.15, 0.2) is 0 Å². The number of amides is 1. The maximum atomic E-state index is 12.6. The summed E-state index contributed by atoms with van der Waals surface area (Å²) < 4.78 is 0. The summed E-state index contributed by atoms with van der Waals surface area (Å²) in [6.07, 6.45) is 1.69. The Balaban J connectivity index is 2.08. The monoisotopic (exact) mass is 311 g/mol. The number of carboxylic acids is 1. The lowest BCUT2D eigenvalue weighted by molar-refractivity contribution is -0.136. The number of carbonyl (C=O) groups excluding carboxylic acids is 1. The molecule has 0 aliphatic heterocycles. The molecule has 0 fully saturated rings. The molecule has 0 heterocycles. The molecule has 0 aliphatic rings. The SMILES string of the molecule is CCCC(C(=O)Nc1ccc(CC(=O)O)cc1)c1ccccc1. The van der Waals surface area contributed by atoms with Crippen molar-refractivity contribution in [1.29, 1.82) is 0 Å². The van der Waals surface area contributed by atoms with E-state index in [9.17, 15) is 9.59 Å². The lowest BCUT2D eigenvalue weighted by Crippen LogP contribution is -2.21. The highest BCUT2D eigenvalue weighted by Gasteiger charge is 2.19. The van der Waals surface area contributed by atoms with Gasteiger partial charge in [0.2, 0.25) is 5.91 Å². The van der Waals surface area contributed by atoms with Crippen LogP contribution in [-0.4, -0.2) is 17.0 Å². The molecule has 1 atom stereocenters. The van der Waals surface area contributed by atoms with Crippen LogP contribution in [0.15, 0.2) is 54.6 Å². The van der Waals surface area contributed by atoms with E-state index in [4.69, 9.17) is 5.11 Å². The fourth-order valence-electron chi connectivity index (χ4n) is 2.53. The van der Waals surface area contributed by atoms with Gasteiger partial charge in [-0.3, -0.25) is 9.59 Å². The summed E-state index contributed by atoms with van der Waals surface area (Å²) in [4.78, 5) is 23.2. The molecule has 0 bridgehead atoms. The lowest BCUT2D eigenvalue weighted by Gasteiger charge is -2.16. The van der Waals surface area contributed by atoms with Gasteiger partial charge in [-0.1, -0.05) is 55.8 Å². The summed E-state index contributed by atoms with van der Waals surface area (Å²) >= 11 is 0. The van der Waals surface area contributed by atoms with Gasteiger partial charge in [-0.2, -0.15) is 0 Å². The second-order valence-electron chi connectivity index (χ2n) is 5.51. The first kappa shape index (κ1) is 16.7. The van der Waals surface area contributed by atoms with Crippen LogP contribution in [0.2, 0.25) is 0 Å². The van der Waals surface area contributed by atoms with Crippen LogP contribution >= 0.6 is 0 Å². The van der Waals surface area contributed by atoms with Crippen LogP contribution in [0.4, 0.5) is 5.69 Å². The lowest BCUT2D eigenvalue weighted by atomic mass is 9.93. The highest BCUT2D eigenvalue weighted by Crippen LogP contribution is 2.23. The van der Waals surface area contributed by atoms with Crippen molar-refractivity contribution in [2.75, 3.05) is 5.32 Å². The number of benzene rings is 2. The maximum absolute atomic E-state index is 12.6. The van der Waals surface area contributed by atoms with Crippen molar-refractivity contribution < 1.29 is 14.7 Å². The minimum absolute atomic E-state index is 0.0172. The van der Waals surface area contributed by atoms with Crippen LogP contribution in [0.5, 0.6) is 0 Å². The Labute approximate surface area is 136 Å². The molecular weight excluding hydrogens is 290 g/mol. The van der Waals surface area contributed by atoms with E-state index in [1.807, 2.05) is 30.3 Å². The Morgan fingerprint density at radius 3 is 2.26 bits per heavy atom. The van der Waals surface area contributed by atoms with E-state index in [2.05, 4.69) is 12.2 Å². The number of aliphatic carboxylic acids is 1. The van der Waals surface area contributed by atoms with Crippen molar-refractivity contribution in [2.45, 2.75) is 32.1 Å². The summed E-state index contributed by atoms with van der Waals surface area (Å²) in [5, 5.41) is 11.7. The van der Waals surface area contributed by atoms with Crippen LogP contribution in [0.1, 0.15) is 36.8 Å². The van der Waals surface area contributed by atoms with E-state index in [0.29, 0.717) is 11.3 Å². The molecule has 0 saturated heterocycles. The van der Waals surface area contributed by atoms with Gasteiger partial charge in [-0.15, -0.1) is 0 Å². The molecule has 0 spiro atoms. The molecule has 1 amide bonds. The molecule has 2 N–H and O–H groups in total. The van der Waals surface area contributed by atoms with E-state index in [-0.39, 0.29) is 18.2 Å². The minimum atomic E-state index is -0.867. The summed E-state index contributed by atoms with van der Waals surface area (Å²) in [6.45, 7) is 2.06. The molecule has 2 aromatic carbocycles. The first-order valence-electron chi connectivity index (χ1n) is 7.76. The van der Waals surface area contributed by atoms with Crippen LogP contribution < -0.4 is 5.32 Å². The van der Waals surface area contributed by atoms with Crippen molar-refractivity contribution in [3.63, 3.8) is 0 Å². The van der Waals surface area contributed by atoms with Gasteiger partial charge < -0.3 is 10.4 Å². The summed E-state index contributed by atoms with van der Waals surface area (Å²) in [6, 6.07) is 16.7. The van der Waals surface area contributed by atoms with Gasteiger partial charge in [0.1, 0.15) is 0 Å². The molecule has 2 aromatic rings. The third kappa shape index (κ3) is 4.95. The molecular formula is C19H21NO3. The largest absolute Gasteiger partial charge is 0.481 e. The summed E-state index contributed by atoms with van der Waals surface area (Å²) in [5.41, 5.74) is 2.40. The predicted octanol–water partition coefficient (Wildman–Crippen LogP) is 3.84. The first-order valence-corrected chi connectivity index (χ1v) is 7.76. The van der Waals surface area contributed by atoms with Crippen molar-refractivity contribution in [3.05, 3.63) is 65.7 Å². The molecule has 0 radical (unpaired) electrons. The smallest absolute Gasteiger partial charge is 0.307 e. The predicted molar refractivity (Wildman–Crippen MR) is 90.5 cm³/mol. The standard InChI is InChI=1S/C19H21NO3/c1-2-6-17(15-7-4-3-5-8-15)19(23)20-16-11-9-14(10-12-16)13-18(21)22/h3-5,7-12,17H,2,6,13H2,1H3,(H,20,23)(H,21,22). The average Bonchev–Trinajstić information content (AvgIpc) is 2.54. The van der Waals surface area contributed by atoms with E-state index < -0.39 is 5.97 Å².